The standard InChI is InChI=1S/C29H26O13/c1-12(30)41-28-20(38-2)8-14(9-21(28)39-3)15(10-22(35)40-4)23-18(33)11-19(34)24-25(36)26(37)27(42-29(23)24)13-5-6-16(31)17(32)7-13/h5-9,11,15,31-34,37H,10H2,1-4H3/t15-/m0/s1. The summed E-state index contributed by atoms with van der Waals surface area (Å²) in [6.45, 7) is 1.18. The van der Waals surface area contributed by atoms with E-state index in [2.05, 4.69) is 0 Å². The Labute approximate surface area is 237 Å². The van der Waals surface area contributed by atoms with Crippen LogP contribution in [0.5, 0.6) is 46.0 Å². The van der Waals surface area contributed by atoms with Gasteiger partial charge in [0.15, 0.2) is 28.8 Å². The highest BCUT2D eigenvalue weighted by Gasteiger charge is 2.31. The molecule has 0 saturated heterocycles. The SMILES string of the molecule is COC(=O)C[C@@H](c1cc(OC)c(OC(C)=O)c(OC)c1)c1c(O)cc(O)c2c(=O)c(O)c(-c3ccc(O)c(O)c3)oc12. The first-order valence-electron chi connectivity index (χ1n) is 12.2. The second-order valence-electron chi connectivity index (χ2n) is 9.03. The van der Waals surface area contributed by atoms with Gasteiger partial charge in [0.25, 0.3) is 0 Å². The molecule has 13 heteroatoms. The number of methoxy groups -OCH3 is 3. The molecule has 4 aromatic rings. The van der Waals surface area contributed by atoms with Crippen LogP contribution in [0.25, 0.3) is 22.3 Å². The molecule has 1 heterocycles. The number of hydrogen-bond donors (Lipinski definition) is 5. The van der Waals surface area contributed by atoms with E-state index >= 15 is 0 Å². The van der Waals surface area contributed by atoms with Crippen molar-refractivity contribution in [1.29, 1.82) is 0 Å². The normalized spacial score (nSPS) is 11.6. The first-order chi connectivity index (χ1) is 19.9. The van der Waals surface area contributed by atoms with Crippen molar-refractivity contribution in [2.75, 3.05) is 21.3 Å². The van der Waals surface area contributed by atoms with E-state index in [-0.39, 0.29) is 33.9 Å². The summed E-state index contributed by atoms with van der Waals surface area (Å²) in [7, 11) is 3.75. The lowest BCUT2D eigenvalue weighted by Crippen LogP contribution is -2.13. The molecule has 0 amide bonds. The maximum absolute atomic E-state index is 13.3. The highest BCUT2D eigenvalue weighted by Crippen LogP contribution is 2.48. The lowest BCUT2D eigenvalue weighted by molar-refractivity contribution is -0.140. The van der Waals surface area contributed by atoms with Crippen LogP contribution in [0.15, 0.2) is 45.6 Å². The monoisotopic (exact) mass is 582 g/mol. The number of ether oxygens (including phenoxy) is 4. The zero-order chi connectivity index (χ0) is 30.9. The highest BCUT2D eigenvalue weighted by atomic mass is 16.6. The van der Waals surface area contributed by atoms with Gasteiger partial charge in [-0.2, -0.15) is 0 Å². The van der Waals surface area contributed by atoms with Crippen LogP contribution in [0.3, 0.4) is 0 Å². The number of phenols is 4. The van der Waals surface area contributed by atoms with Crippen molar-refractivity contribution in [3.8, 4) is 57.3 Å². The third-order valence-corrected chi connectivity index (χ3v) is 6.45. The van der Waals surface area contributed by atoms with Crippen LogP contribution in [0, 0.1) is 0 Å². The van der Waals surface area contributed by atoms with Gasteiger partial charge in [-0.1, -0.05) is 0 Å². The van der Waals surface area contributed by atoms with Crippen LogP contribution in [-0.4, -0.2) is 58.8 Å². The summed E-state index contributed by atoms with van der Waals surface area (Å²) >= 11 is 0. The van der Waals surface area contributed by atoms with Crippen molar-refractivity contribution < 1.29 is 58.5 Å². The second-order valence-corrected chi connectivity index (χ2v) is 9.03. The van der Waals surface area contributed by atoms with Crippen LogP contribution in [0.4, 0.5) is 0 Å². The van der Waals surface area contributed by atoms with E-state index in [1.807, 2.05) is 0 Å². The van der Waals surface area contributed by atoms with Crippen LogP contribution in [0.1, 0.15) is 30.4 Å². The number of carbonyl (C=O) groups excluding carboxylic acids is 2. The lowest BCUT2D eigenvalue weighted by atomic mass is 9.86. The van der Waals surface area contributed by atoms with Gasteiger partial charge in [0.1, 0.15) is 22.5 Å². The predicted octanol–water partition coefficient (Wildman–Crippen LogP) is 3.63. The first-order valence-corrected chi connectivity index (χ1v) is 12.2. The minimum absolute atomic E-state index is 0.0244. The summed E-state index contributed by atoms with van der Waals surface area (Å²) in [6.07, 6.45) is -0.441. The molecule has 0 fully saturated rings. The molecule has 0 bridgehead atoms. The van der Waals surface area contributed by atoms with Crippen LogP contribution >= 0.6 is 0 Å². The summed E-state index contributed by atoms with van der Waals surface area (Å²) in [5.74, 6) is -6.36. The molecule has 220 valence electrons. The van der Waals surface area contributed by atoms with E-state index in [0.29, 0.717) is 0 Å². The maximum atomic E-state index is 13.3. The fourth-order valence-electron chi connectivity index (χ4n) is 4.52. The molecule has 0 aliphatic carbocycles. The quantitative estimate of drug-likeness (QED) is 0.115. The predicted molar refractivity (Wildman–Crippen MR) is 146 cm³/mol. The minimum Gasteiger partial charge on any atom is -0.507 e. The van der Waals surface area contributed by atoms with E-state index in [1.54, 1.807) is 0 Å². The molecule has 13 nitrogen and oxygen atoms in total. The fourth-order valence-corrected chi connectivity index (χ4v) is 4.52. The molecule has 0 spiro atoms. The van der Waals surface area contributed by atoms with E-state index in [4.69, 9.17) is 23.4 Å². The number of phenolic OH excluding ortho intramolecular Hbond substituents is 4. The molecule has 3 aromatic carbocycles. The van der Waals surface area contributed by atoms with E-state index in [0.717, 1.165) is 25.3 Å². The third kappa shape index (κ3) is 5.27. The van der Waals surface area contributed by atoms with E-state index < -0.39 is 75.2 Å². The molecule has 0 aliphatic rings. The smallest absolute Gasteiger partial charge is 0.308 e. The lowest BCUT2D eigenvalue weighted by Gasteiger charge is -2.22. The molecule has 0 unspecified atom stereocenters. The molecule has 0 radical (unpaired) electrons. The summed E-state index contributed by atoms with van der Waals surface area (Å²) in [5.41, 5.74) is -1.46. The van der Waals surface area contributed by atoms with E-state index in [9.17, 15) is 39.9 Å². The summed E-state index contributed by atoms with van der Waals surface area (Å²) in [4.78, 5) is 37.6. The van der Waals surface area contributed by atoms with Gasteiger partial charge in [0, 0.05) is 30.0 Å². The minimum atomic E-state index is -1.16. The van der Waals surface area contributed by atoms with Gasteiger partial charge >= 0.3 is 11.9 Å². The second kappa shape index (κ2) is 11.5. The number of carbonyl (C=O) groups is 2. The molecule has 42 heavy (non-hydrogen) atoms. The van der Waals surface area contributed by atoms with Crippen molar-refractivity contribution in [2.45, 2.75) is 19.3 Å². The Morgan fingerprint density at radius 2 is 1.50 bits per heavy atom. The Hall–Kier alpha value is -5.59. The third-order valence-electron chi connectivity index (χ3n) is 6.45. The molecule has 4 rings (SSSR count). The van der Waals surface area contributed by atoms with Gasteiger partial charge in [-0.3, -0.25) is 14.4 Å². The van der Waals surface area contributed by atoms with Gasteiger partial charge < -0.3 is 48.9 Å². The number of esters is 2. The number of benzene rings is 3. The number of aromatic hydroxyl groups is 5. The highest BCUT2D eigenvalue weighted by molar-refractivity contribution is 5.92. The fraction of sp³-hybridized carbons (Fsp3) is 0.207. The van der Waals surface area contributed by atoms with Gasteiger partial charge in [-0.05, 0) is 35.9 Å². The van der Waals surface area contributed by atoms with Crippen molar-refractivity contribution in [1.82, 2.24) is 0 Å². The number of fused-ring (bicyclic) bond motifs is 1. The Balaban J connectivity index is 2.10. The zero-order valence-corrected chi connectivity index (χ0v) is 22.8. The van der Waals surface area contributed by atoms with E-state index in [1.165, 1.54) is 39.3 Å². The van der Waals surface area contributed by atoms with Crippen molar-refractivity contribution >= 4 is 22.9 Å². The molecular weight excluding hydrogens is 556 g/mol. The Morgan fingerprint density at radius 3 is 2.05 bits per heavy atom. The van der Waals surface area contributed by atoms with Crippen molar-refractivity contribution in [2.24, 2.45) is 0 Å². The zero-order valence-electron chi connectivity index (χ0n) is 22.8. The van der Waals surface area contributed by atoms with Gasteiger partial charge in [0.05, 0.1) is 27.8 Å². The summed E-state index contributed by atoms with van der Waals surface area (Å²) < 4.78 is 26.8. The Bertz CT molecular complexity index is 1750. The first kappa shape index (κ1) is 29.4. The summed E-state index contributed by atoms with van der Waals surface area (Å²) in [5, 5.41) is 51.6. The van der Waals surface area contributed by atoms with Gasteiger partial charge in [-0.25, -0.2) is 0 Å². The average molecular weight is 583 g/mol. The van der Waals surface area contributed by atoms with Crippen LogP contribution in [-0.2, 0) is 14.3 Å². The Morgan fingerprint density at radius 1 is 0.857 bits per heavy atom. The van der Waals surface area contributed by atoms with Crippen LogP contribution < -0.4 is 19.6 Å². The number of hydrogen-bond acceptors (Lipinski definition) is 13. The maximum Gasteiger partial charge on any atom is 0.308 e. The average Bonchev–Trinajstić information content (AvgIpc) is 2.95. The summed E-state index contributed by atoms with van der Waals surface area (Å²) in [6, 6.07) is 7.03. The van der Waals surface area contributed by atoms with Gasteiger partial charge in [-0.15, -0.1) is 0 Å². The van der Waals surface area contributed by atoms with Crippen molar-refractivity contribution in [3.05, 3.63) is 57.7 Å². The largest absolute Gasteiger partial charge is 0.507 e. The number of rotatable bonds is 8. The van der Waals surface area contributed by atoms with Crippen LogP contribution in [0.2, 0.25) is 0 Å². The Kier molecular flexibility index (Phi) is 8.04. The van der Waals surface area contributed by atoms with Gasteiger partial charge in [0.2, 0.25) is 16.9 Å². The molecule has 1 atom stereocenters. The molecular formula is C29H26O13. The molecule has 0 aliphatic heterocycles. The molecule has 5 N–H and O–H groups in total. The van der Waals surface area contributed by atoms with Crippen molar-refractivity contribution in [3.63, 3.8) is 0 Å². The molecule has 0 saturated carbocycles. The molecule has 1 aromatic heterocycles. The topological polar surface area (TPSA) is 202 Å².